The number of aliphatic imine (C=N–C) groups is 1. The quantitative estimate of drug-likeness (QED) is 0.393. The number of pyridine rings is 1. The minimum Gasteiger partial charge on any atom is -0.298 e. The molecule has 1 aromatic heterocycles. The van der Waals surface area contributed by atoms with Gasteiger partial charge in [0.2, 0.25) is 0 Å². The fourth-order valence-electron chi connectivity index (χ4n) is 5.46. The fourth-order valence-corrected chi connectivity index (χ4v) is 5.46. The molecule has 1 fully saturated rings. The van der Waals surface area contributed by atoms with Gasteiger partial charge in [-0.2, -0.15) is 0 Å². The van der Waals surface area contributed by atoms with Gasteiger partial charge in [-0.3, -0.25) is 24.5 Å². The lowest BCUT2D eigenvalue weighted by atomic mass is 9.87. The van der Waals surface area contributed by atoms with Crippen LogP contribution in [0, 0.1) is 11.7 Å². The first-order valence-corrected chi connectivity index (χ1v) is 12.7. The maximum absolute atomic E-state index is 14.6. The van der Waals surface area contributed by atoms with Gasteiger partial charge in [0.15, 0.2) is 11.6 Å². The van der Waals surface area contributed by atoms with Gasteiger partial charge in [-0.05, 0) is 55.1 Å². The maximum Gasteiger partial charge on any atom is 0.163 e. The van der Waals surface area contributed by atoms with Crippen molar-refractivity contribution < 1.29 is 14.0 Å². The number of likely N-dealkylation sites (tertiary alicyclic amines) is 1. The molecule has 5 rings (SSSR count). The molecule has 184 valence electrons. The summed E-state index contributed by atoms with van der Waals surface area (Å²) in [6, 6.07) is 15.7. The van der Waals surface area contributed by atoms with E-state index in [1.165, 1.54) is 6.07 Å². The Morgan fingerprint density at radius 3 is 2.69 bits per heavy atom. The number of benzene rings is 2. The van der Waals surface area contributed by atoms with E-state index in [9.17, 15) is 14.0 Å². The van der Waals surface area contributed by atoms with Crippen LogP contribution >= 0.6 is 0 Å². The average molecular weight is 484 g/mol. The lowest BCUT2D eigenvalue weighted by Crippen LogP contribution is -2.42. The average Bonchev–Trinajstić information content (AvgIpc) is 3.34. The van der Waals surface area contributed by atoms with E-state index in [2.05, 4.69) is 14.9 Å². The Labute approximate surface area is 211 Å². The predicted molar refractivity (Wildman–Crippen MR) is 138 cm³/mol. The van der Waals surface area contributed by atoms with Crippen LogP contribution in [0.3, 0.4) is 0 Å². The molecule has 2 atom stereocenters. The molecule has 1 unspecified atom stereocenters. The van der Waals surface area contributed by atoms with E-state index in [0.717, 1.165) is 41.8 Å². The third-order valence-electron chi connectivity index (χ3n) is 7.29. The second kappa shape index (κ2) is 10.6. The number of rotatable bonds is 8. The molecule has 3 aromatic rings. The van der Waals surface area contributed by atoms with Gasteiger partial charge in [0.25, 0.3) is 0 Å². The van der Waals surface area contributed by atoms with E-state index in [0.29, 0.717) is 37.1 Å². The van der Waals surface area contributed by atoms with Crippen molar-refractivity contribution in [3.05, 3.63) is 101 Å². The van der Waals surface area contributed by atoms with Crippen molar-refractivity contribution in [1.29, 1.82) is 0 Å². The normalized spacial score (nSPS) is 18.4. The minimum atomic E-state index is -0.603. The molecule has 0 bridgehead atoms. The van der Waals surface area contributed by atoms with Gasteiger partial charge in [-0.25, -0.2) is 4.39 Å². The van der Waals surface area contributed by atoms with E-state index < -0.39 is 6.04 Å². The molecule has 0 N–H and O–H groups in total. The minimum absolute atomic E-state index is 0.00799. The monoisotopic (exact) mass is 483 g/mol. The smallest absolute Gasteiger partial charge is 0.163 e. The summed E-state index contributed by atoms with van der Waals surface area (Å²) in [4.78, 5) is 37.1. The van der Waals surface area contributed by atoms with Crippen molar-refractivity contribution >= 4 is 17.3 Å². The first kappa shape index (κ1) is 24.2. The lowest BCUT2D eigenvalue weighted by molar-refractivity contribution is -0.125. The van der Waals surface area contributed by atoms with Crippen LogP contribution in [0.1, 0.15) is 71.3 Å². The first-order chi connectivity index (χ1) is 17.5. The summed E-state index contributed by atoms with van der Waals surface area (Å²) in [5.74, 6) is -0.136. The molecule has 0 spiro atoms. The zero-order valence-corrected chi connectivity index (χ0v) is 20.5. The van der Waals surface area contributed by atoms with E-state index in [4.69, 9.17) is 0 Å². The van der Waals surface area contributed by atoms with Gasteiger partial charge in [0.05, 0.1) is 18.3 Å². The SMILES string of the molecule is CCC(=O)C(c1ccccc1F)N1CCC[C@@H](CC(=O)c2ccc3c(c2)C(c2ccncc2)=NC3)C1. The van der Waals surface area contributed by atoms with Crippen molar-refractivity contribution in [2.75, 3.05) is 13.1 Å². The summed E-state index contributed by atoms with van der Waals surface area (Å²) in [5, 5.41) is 0. The number of fused-ring (bicyclic) bond motifs is 1. The molecule has 0 radical (unpaired) electrons. The van der Waals surface area contributed by atoms with Gasteiger partial charge < -0.3 is 0 Å². The van der Waals surface area contributed by atoms with Gasteiger partial charge in [-0.15, -0.1) is 0 Å². The number of Topliss-reactive ketones (excluding diaryl/α,β-unsaturated/α-hetero) is 2. The molecule has 5 nitrogen and oxygen atoms in total. The van der Waals surface area contributed by atoms with Crippen LogP contribution in [0.2, 0.25) is 0 Å². The number of ketones is 2. The number of aromatic nitrogens is 1. The Hall–Kier alpha value is -3.51. The van der Waals surface area contributed by atoms with E-state index >= 15 is 0 Å². The molecule has 0 saturated carbocycles. The summed E-state index contributed by atoms with van der Waals surface area (Å²) in [6.07, 6.45) is 6.04. The predicted octanol–water partition coefficient (Wildman–Crippen LogP) is 5.58. The third-order valence-corrected chi connectivity index (χ3v) is 7.29. The Bertz CT molecular complexity index is 1300. The standard InChI is InChI=1S/C30H30FN3O2/c1-2-27(35)30(24-7-3-4-8-26(24)31)34-15-5-6-20(19-34)16-28(36)22-9-10-23-18-33-29(25(23)17-22)21-11-13-32-14-12-21/h3-4,7-14,17,20,30H,2,5-6,15-16,18-19H2,1H3/t20-,30?/m0/s1. The third kappa shape index (κ3) is 4.91. The van der Waals surface area contributed by atoms with E-state index in [1.54, 1.807) is 30.6 Å². The number of hydrogen-bond acceptors (Lipinski definition) is 5. The molecule has 2 aliphatic rings. The van der Waals surface area contributed by atoms with Crippen molar-refractivity contribution in [3.63, 3.8) is 0 Å². The highest BCUT2D eigenvalue weighted by molar-refractivity contribution is 6.16. The molecule has 36 heavy (non-hydrogen) atoms. The summed E-state index contributed by atoms with van der Waals surface area (Å²) in [5.41, 5.74) is 5.13. The van der Waals surface area contributed by atoms with E-state index in [-0.39, 0.29) is 23.3 Å². The Kier molecular flexibility index (Phi) is 7.14. The second-order valence-electron chi connectivity index (χ2n) is 9.65. The lowest BCUT2D eigenvalue weighted by Gasteiger charge is -2.37. The Morgan fingerprint density at radius 2 is 1.92 bits per heavy atom. The zero-order valence-electron chi connectivity index (χ0n) is 20.5. The number of carbonyl (C=O) groups excluding carboxylic acids is 2. The van der Waals surface area contributed by atoms with E-state index in [1.807, 2.05) is 37.3 Å². The fraction of sp³-hybridized carbons (Fsp3) is 0.333. The number of nitrogens with zero attached hydrogens (tertiary/aromatic N) is 3. The second-order valence-corrected chi connectivity index (χ2v) is 9.65. The molecule has 1 saturated heterocycles. The maximum atomic E-state index is 14.6. The van der Waals surface area contributed by atoms with Crippen LogP contribution < -0.4 is 0 Å². The van der Waals surface area contributed by atoms with Gasteiger partial charge >= 0.3 is 0 Å². The van der Waals surface area contributed by atoms with Crippen molar-refractivity contribution in [3.8, 4) is 0 Å². The molecule has 0 aliphatic carbocycles. The number of piperidine rings is 1. The Morgan fingerprint density at radius 1 is 1.11 bits per heavy atom. The van der Waals surface area contributed by atoms with Crippen LogP contribution in [0.4, 0.5) is 4.39 Å². The summed E-state index contributed by atoms with van der Waals surface area (Å²) < 4.78 is 14.6. The molecule has 6 heteroatoms. The highest BCUT2D eigenvalue weighted by atomic mass is 19.1. The van der Waals surface area contributed by atoms with Crippen molar-refractivity contribution in [1.82, 2.24) is 9.88 Å². The summed E-state index contributed by atoms with van der Waals surface area (Å²) in [6.45, 7) is 3.76. The van der Waals surface area contributed by atoms with Gasteiger partial charge in [0.1, 0.15) is 5.82 Å². The highest BCUT2D eigenvalue weighted by Gasteiger charge is 2.33. The van der Waals surface area contributed by atoms with Crippen LogP contribution in [0.15, 0.2) is 72.0 Å². The summed E-state index contributed by atoms with van der Waals surface area (Å²) in [7, 11) is 0. The van der Waals surface area contributed by atoms with Crippen LogP contribution in [-0.2, 0) is 11.3 Å². The Balaban J connectivity index is 1.32. The van der Waals surface area contributed by atoms with Gasteiger partial charge in [-0.1, -0.05) is 37.3 Å². The molecular weight excluding hydrogens is 453 g/mol. The van der Waals surface area contributed by atoms with Crippen LogP contribution in [-0.4, -0.2) is 40.3 Å². The van der Waals surface area contributed by atoms with Gasteiger partial charge in [0, 0.05) is 54.0 Å². The molecule has 3 heterocycles. The number of carbonyl (C=O) groups is 2. The van der Waals surface area contributed by atoms with Crippen LogP contribution in [0.5, 0.6) is 0 Å². The largest absolute Gasteiger partial charge is 0.298 e. The first-order valence-electron chi connectivity index (χ1n) is 12.7. The van der Waals surface area contributed by atoms with Crippen LogP contribution in [0.25, 0.3) is 0 Å². The molecule has 0 amide bonds. The molecule has 2 aromatic carbocycles. The van der Waals surface area contributed by atoms with Crippen molar-refractivity contribution in [2.24, 2.45) is 10.9 Å². The number of hydrogen-bond donors (Lipinski definition) is 0. The summed E-state index contributed by atoms with van der Waals surface area (Å²) >= 11 is 0. The van der Waals surface area contributed by atoms with Crippen molar-refractivity contribution in [2.45, 2.75) is 45.2 Å². The molecule has 2 aliphatic heterocycles. The topological polar surface area (TPSA) is 62.6 Å². The zero-order chi connectivity index (χ0) is 25.1. The molecular formula is C30H30FN3O2. The highest BCUT2D eigenvalue weighted by Crippen LogP contribution is 2.32. The number of halogens is 1.